The summed E-state index contributed by atoms with van der Waals surface area (Å²) in [6.45, 7) is 0.888. The summed E-state index contributed by atoms with van der Waals surface area (Å²) in [6.07, 6.45) is 4.18. The second kappa shape index (κ2) is 7.46. The minimum atomic E-state index is 0. The molecule has 1 aliphatic heterocycles. The molecule has 0 atom stereocenters. The number of carbonyl (C=O) groups excluding carboxylic acids is 1. The van der Waals surface area contributed by atoms with Crippen molar-refractivity contribution in [2.24, 2.45) is 0 Å². The molecule has 0 bridgehead atoms. The first-order valence-corrected chi connectivity index (χ1v) is 3.16. The molecule has 10 heavy (non-hydrogen) atoms. The molecule has 1 N–H and O–H groups in total. The molecule has 54 valence electrons. The van der Waals surface area contributed by atoms with Gasteiger partial charge in [-0.15, -0.1) is 0 Å². The van der Waals surface area contributed by atoms with Gasteiger partial charge < -0.3 is 17.7 Å². The summed E-state index contributed by atoms with van der Waals surface area (Å²) in [4.78, 5) is 10.6. The molecule has 0 aromatic carbocycles. The molecule has 0 spiro atoms. The van der Waals surface area contributed by atoms with Gasteiger partial charge in [-0.3, -0.25) is 4.79 Å². The van der Waals surface area contributed by atoms with Crippen LogP contribution >= 0.6 is 0 Å². The predicted molar refractivity (Wildman–Crippen MR) is 31.5 cm³/mol. The summed E-state index contributed by atoms with van der Waals surface area (Å²) < 4.78 is 0. The van der Waals surface area contributed by atoms with Gasteiger partial charge in [-0.1, -0.05) is 6.42 Å². The third-order valence-electron chi connectivity index (χ3n) is 1.40. The van der Waals surface area contributed by atoms with Crippen LogP contribution in [0.15, 0.2) is 0 Å². The second-order valence-corrected chi connectivity index (χ2v) is 2.16. The van der Waals surface area contributed by atoms with Crippen molar-refractivity contribution in [3.8, 4) is 0 Å². The van der Waals surface area contributed by atoms with Crippen molar-refractivity contribution in [2.45, 2.75) is 25.7 Å². The quantitative estimate of drug-likeness (QED) is 0.348. The van der Waals surface area contributed by atoms with Gasteiger partial charge in [0.2, 0.25) is 5.91 Å². The van der Waals surface area contributed by atoms with E-state index in [0.29, 0.717) is 0 Å². The van der Waals surface area contributed by atoms with Crippen LogP contribution in [0, 0.1) is 0 Å². The fourth-order valence-corrected chi connectivity index (χ4v) is 0.904. The van der Waals surface area contributed by atoms with Crippen LogP contribution in [0.1, 0.15) is 25.7 Å². The molecule has 1 amide bonds. The van der Waals surface area contributed by atoms with E-state index < -0.39 is 0 Å². The molecule has 0 aromatic rings. The molecule has 0 saturated carbocycles. The van der Waals surface area contributed by atoms with Gasteiger partial charge >= 0.3 is 18.9 Å². The number of rotatable bonds is 0. The first-order valence-electron chi connectivity index (χ1n) is 3.16. The van der Waals surface area contributed by atoms with E-state index in [1.165, 1.54) is 6.42 Å². The van der Waals surface area contributed by atoms with Crippen molar-refractivity contribution in [2.75, 3.05) is 6.54 Å². The van der Waals surface area contributed by atoms with Crippen molar-refractivity contribution in [3.05, 3.63) is 0 Å². The summed E-state index contributed by atoms with van der Waals surface area (Å²) in [5.41, 5.74) is 0. The number of nitrogens with one attached hydrogen (secondary N) is 1. The van der Waals surface area contributed by atoms with E-state index in [2.05, 4.69) is 5.32 Å². The second-order valence-electron chi connectivity index (χ2n) is 2.16. The summed E-state index contributed by atoms with van der Waals surface area (Å²) in [5.74, 6) is 0.225. The normalized spacial score (nSPS) is 17.4. The first-order chi connectivity index (χ1) is 3.89. The fourth-order valence-electron chi connectivity index (χ4n) is 0.904. The maximum atomic E-state index is 10.6. The Labute approximate surface area is 79.7 Å². The van der Waals surface area contributed by atoms with E-state index in [-0.39, 0.29) is 37.2 Å². The molecule has 0 unspecified atom stereocenters. The smallest absolute Gasteiger partial charge is 1.00 e. The van der Waals surface area contributed by atoms with Crippen molar-refractivity contribution >= 4 is 5.91 Å². The molecule has 1 rings (SSSR count). The molecule has 1 heterocycles. The largest absolute Gasteiger partial charge is 1.00 e. The molecule has 0 radical (unpaired) electrons. The van der Waals surface area contributed by atoms with Crippen molar-refractivity contribution in [1.82, 2.24) is 5.32 Å². The molecule has 1 fully saturated rings. The Hall–Kier alpha value is 0.357. The van der Waals surface area contributed by atoms with Crippen LogP contribution in [0.4, 0.5) is 0 Å². The van der Waals surface area contributed by atoms with E-state index in [9.17, 15) is 4.79 Å². The summed E-state index contributed by atoms with van der Waals surface area (Å²) in [5, 5.41) is 2.81. The van der Waals surface area contributed by atoms with Gasteiger partial charge in [-0.05, 0) is 12.8 Å². The topological polar surface area (TPSA) is 29.1 Å². The summed E-state index contributed by atoms with van der Waals surface area (Å²) >= 11 is 0. The van der Waals surface area contributed by atoms with E-state index >= 15 is 0 Å². The Balaban J connectivity index is 0. The number of halogens is 1. The molecule has 0 aromatic heterocycles. The molecule has 1 saturated heterocycles. The van der Waals surface area contributed by atoms with Gasteiger partial charge in [-0.2, -0.15) is 0 Å². The Morgan fingerprint density at radius 1 is 1.20 bits per heavy atom. The molecule has 4 heteroatoms. The third kappa shape index (κ3) is 5.17. The van der Waals surface area contributed by atoms with Gasteiger partial charge in [0.15, 0.2) is 0 Å². The zero-order chi connectivity index (χ0) is 5.82. The number of carbonyl (C=O) groups is 1. The van der Waals surface area contributed by atoms with E-state index in [4.69, 9.17) is 0 Å². The standard InChI is InChI=1S/C6H11NO.ClH.Li/c8-6-4-2-1-3-5-7-6;;/h1-5H2,(H,7,8);1H;/q;;+1/p-1. The van der Waals surface area contributed by atoms with Crippen molar-refractivity contribution in [3.63, 3.8) is 0 Å². The maximum absolute atomic E-state index is 10.6. The van der Waals surface area contributed by atoms with E-state index in [1.54, 1.807) is 0 Å². The molecule has 0 aliphatic carbocycles. The van der Waals surface area contributed by atoms with Gasteiger partial charge in [0.25, 0.3) is 0 Å². The van der Waals surface area contributed by atoms with E-state index in [1.807, 2.05) is 0 Å². The average molecular weight is 156 g/mol. The zero-order valence-corrected chi connectivity index (χ0v) is 7.08. The van der Waals surface area contributed by atoms with Gasteiger partial charge in [-0.25, -0.2) is 0 Å². The van der Waals surface area contributed by atoms with Crippen LogP contribution in [0.2, 0.25) is 0 Å². The molecule has 2 nitrogen and oxygen atoms in total. The Kier molecular flexibility index (Phi) is 9.69. The Bertz CT molecular complexity index is 89.7. The molecular formula is C6H11ClLiNO. The average Bonchev–Trinajstić information content (AvgIpc) is 1.94. The number of hydrogen-bond donors (Lipinski definition) is 1. The van der Waals surface area contributed by atoms with Crippen LogP contribution in [0.5, 0.6) is 0 Å². The van der Waals surface area contributed by atoms with Crippen LogP contribution in [0.3, 0.4) is 0 Å². The maximum Gasteiger partial charge on any atom is 1.00 e. The van der Waals surface area contributed by atoms with Crippen molar-refractivity contribution < 1.29 is 36.1 Å². The minimum Gasteiger partial charge on any atom is -1.00 e. The fraction of sp³-hybridized carbons (Fsp3) is 0.833. The monoisotopic (exact) mass is 155 g/mol. The Morgan fingerprint density at radius 3 is 2.60 bits per heavy atom. The van der Waals surface area contributed by atoms with Gasteiger partial charge in [0.05, 0.1) is 0 Å². The van der Waals surface area contributed by atoms with Gasteiger partial charge in [0, 0.05) is 13.0 Å². The van der Waals surface area contributed by atoms with E-state index in [0.717, 1.165) is 25.8 Å². The zero-order valence-electron chi connectivity index (χ0n) is 6.32. The minimum absolute atomic E-state index is 0. The molecular weight excluding hydrogens is 144 g/mol. The first kappa shape index (κ1) is 13.0. The van der Waals surface area contributed by atoms with Crippen LogP contribution in [-0.4, -0.2) is 12.5 Å². The van der Waals surface area contributed by atoms with Crippen LogP contribution in [-0.2, 0) is 4.79 Å². The Morgan fingerprint density at radius 2 is 1.90 bits per heavy atom. The summed E-state index contributed by atoms with van der Waals surface area (Å²) in [7, 11) is 0. The van der Waals surface area contributed by atoms with Crippen molar-refractivity contribution in [1.29, 1.82) is 0 Å². The van der Waals surface area contributed by atoms with Crippen LogP contribution in [0.25, 0.3) is 0 Å². The molecule has 1 aliphatic rings. The summed E-state index contributed by atoms with van der Waals surface area (Å²) in [6, 6.07) is 0. The predicted octanol–water partition coefficient (Wildman–Crippen LogP) is -5.32. The van der Waals surface area contributed by atoms with Crippen LogP contribution < -0.4 is 36.6 Å². The third-order valence-corrected chi connectivity index (χ3v) is 1.40. The number of amides is 1. The van der Waals surface area contributed by atoms with Gasteiger partial charge in [0.1, 0.15) is 0 Å². The SMILES string of the molecule is O=C1CCCCCN1.[Cl-].[Li+]. The number of hydrogen-bond acceptors (Lipinski definition) is 1.